The molecule has 0 N–H and O–H groups in total. The van der Waals surface area contributed by atoms with Gasteiger partial charge in [0.1, 0.15) is 0 Å². The summed E-state index contributed by atoms with van der Waals surface area (Å²) in [7, 11) is 0. The van der Waals surface area contributed by atoms with E-state index in [0.29, 0.717) is 16.9 Å². The van der Waals surface area contributed by atoms with Crippen LogP contribution in [0.15, 0.2) is 42.5 Å². The number of benzene rings is 2. The van der Waals surface area contributed by atoms with Crippen LogP contribution in [0.3, 0.4) is 0 Å². The summed E-state index contributed by atoms with van der Waals surface area (Å²) in [5, 5.41) is 1.75. The van der Waals surface area contributed by atoms with Gasteiger partial charge in [-0.15, -0.1) is 11.3 Å². The van der Waals surface area contributed by atoms with Crippen LogP contribution >= 0.6 is 11.3 Å². The normalized spacial score (nSPS) is 14.9. The number of rotatable bonds is 2. The maximum absolute atomic E-state index is 13.0. The van der Waals surface area contributed by atoms with E-state index in [4.69, 9.17) is 0 Å². The molecule has 0 aliphatic carbocycles. The van der Waals surface area contributed by atoms with Gasteiger partial charge in [-0.3, -0.25) is 9.36 Å². The van der Waals surface area contributed by atoms with Crippen molar-refractivity contribution in [1.82, 2.24) is 14.5 Å². The summed E-state index contributed by atoms with van der Waals surface area (Å²) in [4.78, 5) is 19.3. The van der Waals surface area contributed by atoms with Crippen molar-refractivity contribution in [2.75, 3.05) is 13.1 Å². The van der Waals surface area contributed by atoms with Crippen LogP contribution in [0.5, 0.6) is 0 Å². The lowest BCUT2D eigenvalue weighted by atomic mass is 10.1. The molecule has 0 bridgehead atoms. The van der Waals surface area contributed by atoms with Crippen LogP contribution < -0.4 is 0 Å². The molecule has 1 aliphatic rings. The van der Waals surface area contributed by atoms with Crippen LogP contribution in [-0.4, -0.2) is 33.4 Å². The largest absolute Gasteiger partial charge is 0.416 e. The van der Waals surface area contributed by atoms with Crippen molar-refractivity contribution in [3.63, 3.8) is 0 Å². The smallest absolute Gasteiger partial charge is 0.339 e. The molecular formula is C22H18F3N3OS. The number of halogens is 3. The van der Waals surface area contributed by atoms with Crippen LogP contribution in [-0.2, 0) is 6.18 Å². The molecule has 0 spiro atoms. The molecular weight excluding hydrogens is 411 g/mol. The van der Waals surface area contributed by atoms with Gasteiger partial charge in [0.15, 0.2) is 5.65 Å². The summed E-state index contributed by atoms with van der Waals surface area (Å²) in [6.07, 6.45) is -2.33. The number of alkyl halides is 3. The first-order valence-electron chi connectivity index (χ1n) is 9.71. The SMILES string of the molecule is Cc1nc2c(s1)c1cc(C(=O)N3CCCC3)ccc1n2-c1ccc(C(F)(F)F)cc1. The minimum Gasteiger partial charge on any atom is -0.339 e. The van der Waals surface area contributed by atoms with Crippen molar-refractivity contribution in [3.05, 3.63) is 58.6 Å². The quantitative estimate of drug-likeness (QED) is 0.404. The number of aryl methyl sites for hydroxylation is 1. The fourth-order valence-corrected chi connectivity index (χ4v) is 5.00. The highest BCUT2D eigenvalue weighted by atomic mass is 32.1. The molecule has 5 rings (SSSR count). The topological polar surface area (TPSA) is 38.1 Å². The van der Waals surface area contributed by atoms with E-state index < -0.39 is 11.7 Å². The van der Waals surface area contributed by atoms with Gasteiger partial charge in [-0.1, -0.05) is 0 Å². The number of thiazole rings is 1. The van der Waals surface area contributed by atoms with Gasteiger partial charge in [0.05, 0.1) is 20.8 Å². The Morgan fingerprint density at radius 3 is 2.43 bits per heavy atom. The molecule has 1 aliphatic heterocycles. The summed E-state index contributed by atoms with van der Waals surface area (Å²) in [5.74, 6) is 0.0195. The Morgan fingerprint density at radius 2 is 1.77 bits per heavy atom. The van der Waals surface area contributed by atoms with Crippen molar-refractivity contribution in [2.45, 2.75) is 25.9 Å². The fraction of sp³-hybridized carbons (Fsp3) is 0.273. The molecule has 0 saturated carbocycles. The molecule has 3 heterocycles. The zero-order chi connectivity index (χ0) is 21.0. The number of hydrogen-bond acceptors (Lipinski definition) is 3. The Hall–Kier alpha value is -2.87. The molecule has 30 heavy (non-hydrogen) atoms. The molecule has 1 saturated heterocycles. The average Bonchev–Trinajstić information content (AvgIpc) is 3.42. The van der Waals surface area contributed by atoms with Crippen molar-refractivity contribution >= 4 is 38.5 Å². The van der Waals surface area contributed by atoms with Crippen LogP contribution in [0.25, 0.3) is 26.9 Å². The third-order valence-corrected chi connectivity index (χ3v) is 6.50. The summed E-state index contributed by atoms with van der Waals surface area (Å²) in [6.45, 7) is 3.45. The maximum atomic E-state index is 13.0. The van der Waals surface area contributed by atoms with Gasteiger partial charge in [0, 0.05) is 29.7 Å². The van der Waals surface area contributed by atoms with Gasteiger partial charge in [-0.25, -0.2) is 4.98 Å². The molecule has 0 unspecified atom stereocenters. The van der Waals surface area contributed by atoms with Crippen molar-refractivity contribution in [1.29, 1.82) is 0 Å². The summed E-state index contributed by atoms with van der Waals surface area (Å²) in [5.41, 5.74) is 2.06. The number of hydrogen-bond donors (Lipinski definition) is 0. The zero-order valence-electron chi connectivity index (χ0n) is 16.2. The molecule has 0 atom stereocenters. The molecule has 1 amide bonds. The number of carbonyl (C=O) groups is 1. The van der Waals surface area contributed by atoms with Crippen LogP contribution in [0.4, 0.5) is 13.2 Å². The predicted molar refractivity (Wildman–Crippen MR) is 111 cm³/mol. The zero-order valence-corrected chi connectivity index (χ0v) is 17.0. The van der Waals surface area contributed by atoms with E-state index in [0.717, 1.165) is 58.7 Å². The summed E-state index contributed by atoms with van der Waals surface area (Å²) in [6, 6.07) is 10.6. The second-order valence-electron chi connectivity index (χ2n) is 7.50. The second kappa shape index (κ2) is 6.84. The highest BCUT2D eigenvalue weighted by molar-refractivity contribution is 7.19. The molecule has 154 valence electrons. The Kier molecular flexibility index (Phi) is 4.36. The van der Waals surface area contributed by atoms with Crippen molar-refractivity contribution in [3.8, 4) is 5.69 Å². The van der Waals surface area contributed by atoms with Crippen molar-refractivity contribution in [2.24, 2.45) is 0 Å². The number of aromatic nitrogens is 2. The average molecular weight is 429 g/mol. The number of amides is 1. The molecule has 4 aromatic rings. The first kappa shape index (κ1) is 19.1. The lowest BCUT2D eigenvalue weighted by Crippen LogP contribution is -2.27. The van der Waals surface area contributed by atoms with Gasteiger partial charge in [-0.05, 0) is 62.2 Å². The van der Waals surface area contributed by atoms with E-state index in [-0.39, 0.29) is 5.91 Å². The number of likely N-dealkylation sites (tertiary alicyclic amines) is 1. The summed E-state index contributed by atoms with van der Waals surface area (Å²) < 4.78 is 41.7. The molecule has 2 aromatic carbocycles. The molecule has 1 fully saturated rings. The van der Waals surface area contributed by atoms with Gasteiger partial charge in [-0.2, -0.15) is 13.2 Å². The van der Waals surface area contributed by atoms with Crippen LogP contribution in [0.1, 0.15) is 33.8 Å². The lowest BCUT2D eigenvalue weighted by Gasteiger charge is -2.15. The minimum atomic E-state index is -4.38. The minimum absolute atomic E-state index is 0.0195. The third kappa shape index (κ3) is 3.06. The van der Waals surface area contributed by atoms with Gasteiger partial charge in [0.2, 0.25) is 0 Å². The van der Waals surface area contributed by atoms with Crippen LogP contribution in [0.2, 0.25) is 0 Å². The predicted octanol–water partition coefficient (Wildman–Crippen LogP) is 5.80. The maximum Gasteiger partial charge on any atom is 0.416 e. The van der Waals surface area contributed by atoms with E-state index in [1.807, 2.05) is 28.5 Å². The first-order chi connectivity index (χ1) is 14.3. The molecule has 8 heteroatoms. The fourth-order valence-electron chi connectivity index (χ4n) is 4.07. The molecule has 4 nitrogen and oxygen atoms in total. The Balaban J connectivity index is 1.67. The molecule has 2 aromatic heterocycles. The Labute approximate surface area is 174 Å². The van der Waals surface area contributed by atoms with Gasteiger partial charge >= 0.3 is 6.18 Å². The monoisotopic (exact) mass is 429 g/mol. The van der Waals surface area contributed by atoms with E-state index in [9.17, 15) is 18.0 Å². The molecule has 0 radical (unpaired) electrons. The number of carbonyl (C=O) groups excluding carboxylic acids is 1. The lowest BCUT2D eigenvalue weighted by molar-refractivity contribution is -0.137. The van der Waals surface area contributed by atoms with E-state index >= 15 is 0 Å². The number of fused-ring (bicyclic) bond motifs is 3. The second-order valence-corrected chi connectivity index (χ2v) is 8.70. The highest BCUT2D eigenvalue weighted by Gasteiger charge is 2.30. The third-order valence-electron chi connectivity index (χ3n) is 5.50. The highest BCUT2D eigenvalue weighted by Crippen LogP contribution is 2.37. The van der Waals surface area contributed by atoms with E-state index in [2.05, 4.69) is 4.98 Å². The van der Waals surface area contributed by atoms with Crippen LogP contribution in [0, 0.1) is 6.92 Å². The van der Waals surface area contributed by atoms with E-state index in [1.54, 1.807) is 6.07 Å². The first-order valence-corrected chi connectivity index (χ1v) is 10.5. The van der Waals surface area contributed by atoms with Gasteiger partial charge in [0.25, 0.3) is 5.91 Å². The Morgan fingerprint density at radius 1 is 1.07 bits per heavy atom. The standard InChI is InChI=1S/C22H18F3N3OS/c1-13-26-20-19(30-13)17-12-14(21(29)27-10-2-3-11-27)4-9-18(17)28(20)16-7-5-15(6-8-16)22(23,24)25/h4-9,12H,2-3,10-11H2,1H3. The van der Waals surface area contributed by atoms with E-state index in [1.165, 1.54) is 23.5 Å². The van der Waals surface area contributed by atoms with Gasteiger partial charge < -0.3 is 4.90 Å². The number of nitrogens with zero attached hydrogens (tertiary/aromatic N) is 3. The summed E-state index contributed by atoms with van der Waals surface area (Å²) >= 11 is 1.52. The Bertz CT molecular complexity index is 1260. The van der Waals surface area contributed by atoms with Crippen molar-refractivity contribution < 1.29 is 18.0 Å².